The van der Waals surface area contributed by atoms with E-state index >= 15 is 0 Å². The van der Waals surface area contributed by atoms with Crippen LogP contribution in [0, 0.1) is 0 Å². The molecular weight excluding hydrogens is 394 g/mol. The van der Waals surface area contributed by atoms with Crippen LogP contribution in [0.25, 0.3) is 0 Å². The minimum absolute atomic E-state index is 0.247. The van der Waals surface area contributed by atoms with Crippen LogP contribution in [0.5, 0.6) is 0 Å². The topological polar surface area (TPSA) is 113 Å². The van der Waals surface area contributed by atoms with Gasteiger partial charge in [0.1, 0.15) is 24.4 Å². The molecule has 0 bridgehead atoms. The summed E-state index contributed by atoms with van der Waals surface area (Å²) in [6.45, 7) is 6.87. The Balaban J connectivity index is 1.81. The molecular formula is C21H29NO8. The molecule has 2 aliphatic heterocycles. The van der Waals surface area contributed by atoms with E-state index in [1.807, 2.05) is 30.3 Å². The summed E-state index contributed by atoms with van der Waals surface area (Å²) in [5.41, 5.74) is 0.934. The number of rotatable bonds is 8. The van der Waals surface area contributed by atoms with Gasteiger partial charge in [0.15, 0.2) is 18.2 Å². The van der Waals surface area contributed by atoms with Gasteiger partial charge in [-0.2, -0.15) is 0 Å². The number of carboxylic acids is 1. The summed E-state index contributed by atoms with van der Waals surface area (Å²) in [7, 11) is 0. The van der Waals surface area contributed by atoms with Crippen LogP contribution in [-0.2, 0) is 39.9 Å². The molecule has 1 unspecified atom stereocenters. The highest BCUT2D eigenvalue weighted by molar-refractivity contribution is 5.73. The van der Waals surface area contributed by atoms with Crippen molar-refractivity contribution in [1.82, 2.24) is 5.32 Å². The van der Waals surface area contributed by atoms with E-state index in [4.69, 9.17) is 23.7 Å². The van der Waals surface area contributed by atoms with E-state index in [1.165, 1.54) is 13.8 Å². The zero-order valence-corrected chi connectivity index (χ0v) is 17.6. The number of hydrogen-bond donors (Lipinski definition) is 2. The largest absolute Gasteiger partial charge is 0.479 e. The summed E-state index contributed by atoms with van der Waals surface area (Å²) in [5.74, 6) is -2.23. The number of carbonyl (C=O) groups is 2. The molecule has 2 aliphatic rings. The highest BCUT2D eigenvalue weighted by Gasteiger charge is 2.53. The molecule has 9 nitrogen and oxygen atoms in total. The third-order valence-corrected chi connectivity index (χ3v) is 5.00. The lowest BCUT2D eigenvalue weighted by molar-refractivity contribution is -0.194. The molecule has 3 rings (SSSR count). The van der Waals surface area contributed by atoms with E-state index in [2.05, 4.69) is 5.32 Å². The van der Waals surface area contributed by atoms with Gasteiger partial charge in [0.2, 0.25) is 5.91 Å². The molecule has 9 heteroatoms. The Morgan fingerprint density at radius 1 is 1.30 bits per heavy atom. The van der Waals surface area contributed by atoms with Crippen LogP contribution in [0.3, 0.4) is 0 Å². The van der Waals surface area contributed by atoms with Crippen molar-refractivity contribution in [3.8, 4) is 0 Å². The van der Waals surface area contributed by atoms with Gasteiger partial charge in [-0.1, -0.05) is 30.3 Å². The van der Waals surface area contributed by atoms with E-state index in [0.717, 1.165) is 5.56 Å². The van der Waals surface area contributed by atoms with E-state index in [0.29, 0.717) is 0 Å². The second-order valence-corrected chi connectivity index (χ2v) is 7.94. The second-order valence-electron chi connectivity index (χ2n) is 7.94. The van der Waals surface area contributed by atoms with Crippen molar-refractivity contribution in [2.45, 2.75) is 76.8 Å². The number of hydrogen-bond acceptors (Lipinski definition) is 7. The van der Waals surface area contributed by atoms with E-state index in [1.54, 1.807) is 13.8 Å². The predicted octanol–water partition coefficient (Wildman–Crippen LogP) is 1.44. The fourth-order valence-corrected chi connectivity index (χ4v) is 3.59. The van der Waals surface area contributed by atoms with Gasteiger partial charge in [0.25, 0.3) is 0 Å². The molecule has 0 spiro atoms. The van der Waals surface area contributed by atoms with Crippen LogP contribution < -0.4 is 5.32 Å². The Bertz CT molecular complexity index is 740. The molecule has 30 heavy (non-hydrogen) atoms. The standard InChI is InChI=1S/C21H29NO8/c1-12(19(24)25)28-18-16(22-13(2)23)20(26-10-14-8-6-5-7-9-14)29-17(18)15-11-27-21(3,4)30-15/h5-9,12,15-18,20H,10-11H2,1-4H3,(H,22,23)(H,24,25)/t12?,15-,16-,17-,18-,20-/m1/s1. The van der Waals surface area contributed by atoms with Crippen LogP contribution >= 0.6 is 0 Å². The molecule has 0 aromatic heterocycles. The molecule has 2 fully saturated rings. The SMILES string of the molecule is CC(=O)N[C@H]1[C@H](OCc2ccccc2)O[C@H]([C@H]2COC(C)(C)O2)[C@@H]1OC(C)C(=O)O. The first-order chi connectivity index (χ1) is 14.2. The maximum atomic E-state index is 11.9. The summed E-state index contributed by atoms with van der Waals surface area (Å²) < 4.78 is 29.4. The highest BCUT2D eigenvalue weighted by Crippen LogP contribution is 2.35. The fourth-order valence-electron chi connectivity index (χ4n) is 3.59. The predicted molar refractivity (Wildman–Crippen MR) is 104 cm³/mol. The Hall–Kier alpha value is -2.04. The van der Waals surface area contributed by atoms with Gasteiger partial charge < -0.3 is 34.1 Å². The van der Waals surface area contributed by atoms with Gasteiger partial charge in [-0.3, -0.25) is 4.79 Å². The van der Waals surface area contributed by atoms with Crippen LogP contribution in [-0.4, -0.2) is 66.1 Å². The van der Waals surface area contributed by atoms with Crippen LogP contribution in [0.2, 0.25) is 0 Å². The van der Waals surface area contributed by atoms with Gasteiger partial charge >= 0.3 is 5.97 Å². The number of aliphatic carboxylic acids is 1. The Kier molecular flexibility index (Phi) is 7.10. The van der Waals surface area contributed by atoms with E-state index < -0.39 is 48.5 Å². The number of amides is 1. The normalized spacial score (nSPS) is 31.4. The van der Waals surface area contributed by atoms with Gasteiger partial charge in [-0.15, -0.1) is 0 Å². The van der Waals surface area contributed by atoms with Gasteiger partial charge in [0.05, 0.1) is 13.2 Å². The number of carbonyl (C=O) groups excluding carboxylic acids is 1. The molecule has 1 aromatic rings. The Morgan fingerprint density at radius 3 is 2.57 bits per heavy atom. The third-order valence-electron chi connectivity index (χ3n) is 5.00. The smallest absolute Gasteiger partial charge is 0.332 e. The van der Waals surface area contributed by atoms with E-state index in [9.17, 15) is 14.7 Å². The molecule has 1 aromatic carbocycles. The first kappa shape index (κ1) is 22.6. The number of benzene rings is 1. The zero-order chi connectivity index (χ0) is 21.9. The Labute approximate surface area is 175 Å². The first-order valence-electron chi connectivity index (χ1n) is 9.94. The lowest BCUT2D eigenvalue weighted by Gasteiger charge is -2.28. The fraction of sp³-hybridized carbons (Fsp3) is 0.619. The maximum Gasteiger partial charge on any atom is 0.332 e. The van der Waals surface area contributed by atoms with Crippen LogP contribution in [0.1, 0.15) is 33.3 Å². The second kappa shape index (κ2) is 9.40. The summed E-state index contributed by atoms with van der Waals surface area (Å²) in [6, 6.07) is 8.81. The van der Waals surface area contributed by atoms with Gasteiger partial charge in [0, 0.05) is 6.92 Å². The van der Waals surface area contributed by atoms with Crippen molar-refractivity contribution < 1.29 is 38.4 Å². The van der Waals surface area contributed by atoms with Crippen molar-refractivity contribution >= 4 is 11.9 Å². The molecule has 2 saturated heterocycles. The van der Waals surface area contributed by atoms with Crippen LogP contribution in [0.4, 0.5) is 0 Å². The molecule has 0 aliphatic carbocycles. The molecule has 0 radical (unpaired) electrons. The summed E-state index contributed by atoms with van der Waals surface area (Å²) in [6.07, 6.45) is -3.96. The highest BCUT2D eigenvalue weighted by atomic mass is 16.8. The number of carboxylic acid groups (broad SMARTS) is 1. The van der Waals surface area contributed by atoms with E-state index in [-0.39, 0.29) is 19.1 Å². The molecule has 2 N–H and O–H groups in total. The number of ether oxygens (including phenoxy) is 5. The lowest BCUT2D eigenvalue weighted by atomic mass is 10.0. The molecule has 6 atom stereocenters. The third kappa shape index (κ3) is 5.55. The van der Waals surface area contributed by atoms with Crippen molar-refractivity contribution in [2.75, 3.05) is 6.61 Å². The Morgan fingerprint density at radius 2 is 2.00 bits per heavy atom. The quantitative estimate of drug-likeness (QED) is 0.646. The van der Waals surface area contributed by atoms with Crippen molar-refractivity contribution in [2.24, 2.45) is 0 Å². The minimum Gasteiger partial charge on any atom is -0.479 e. The minimum atomic E-state index is -1.12. The van der Waals surface area contributed by atoms with Crippen molar-refractivity contribution in [3.63, 3.8) is 0 Å². The average Bonchev–Trinajstić information content (AvgIpc) is 3.20. The lowest BCUT2D eigenvalue weighted by Crippen LogP contribution is -2.52. The molecule has 166 valence electrons. The van der Waals surface area contributed by atoms with Crippen LogP contribution in [0.15, 0.2) is 30.3 Å². The molecule has 1 amide bonds. The maximum absolute atomic E-state index is 11.9. The summed E-state index contributed by atoms with van der Waals surface area (Å²) in [5, 5.41) is 12.1. The number of nitrogens with one attached hydrogen (secondary N) is 1. The first-order valence-corrected chi connectivity index (χ1v) is 9.94. The van der Waals surface area contributed by atoms with Crippen molar-refractivity contribution in [1.29, 1.82) is 0 Å². The average molecular weight is 423 g/mol. The molecule has 2 heterocycles. The zero-order valence-electron chi connectivity index (χ0n) is 17.6. The summed E-state index contributed by atoms with van der Waals surface area (Å²) in [4.78, 5) is 23.3. The summed E-state index contributed by atoms with van der Waals surface area (Å²) >= 11 is 0. The van der Waals surface area contributed by atoms with Gasteiger partial charge in [-0.05, 0) is 26.3 Å². The van der Waals surface area contributed by atoms with Crippen molar-refractivity contribution in [3.05, 3.63) is 35.9 Å². The monoisotopic (exact) mass is 423 g/mol. The molecule has 0 saturated carbocycles. The van der Waals surface area contributed by atoms with Gasteiger partial charge in [-0.25, -0.2) is 4.79 Å².